The van der Waals surface area contributed by atoms with E-state index in [2.05, 4.69) is 59.3 Å². The minimum Gasteiger partial charge on any atom is -0.328 e. The largest absolute Gasteiger partial charge is 0.328 e. The average Bonchev–Trinajstić information content (AvgIpc) is 2.32. The fraction of sp³-hybridized carbons (Fsp3) is 0.250. The molecule has 0 saturated carbocycles. The van der Waals surface area contributed by atoms with Crippen molar-refractivity contribution in [2.24, 2.45) is 5.73 Å². The molecule has 2 aromatic rings. The van der Waals surface area contributed by atoms with Gasteiger partial charge in [0, 0.05) is 20.3 Å². The Morgan fingerprint density at radius 3 is 2.53 bits per heavy atom. The van der Waals surface area contributed by atoms with Gasteiger partial charge in [0.25, 0.3) is 0 Å². The van der Waals surface area contributed by atoms with Gasteiger partial charge in [-0.15, -0.1) is 0 Å². The molecule has 0 aliphatic rings. The van der Waals surface area contributed by atoms with E-state index in [4.69, 9.17) is 5.73 Å². The summed E-state index contributed by atoms with van der Waals surface area (Å²) in [4.78, 5) is 2.51. The maximum Gasteiger partial charge on any atom is 0.0186 e. The number of hydrogen-bond acceptors (Lipinski definition) is 2. The van der Waals surface area contributed by atoms with Gasteiger partial charge in [0.2, 0.25) is 0 Å². The monoisotopic (exact) mass is 335 g/mol. The van der Waals surface area contributed by atoms with Crippen LogP contribution in [0.3, 0.4) is 0 Å². The molecule has 0 saturated heterocycles. The van der Waals surface area contributed by atoms with Gasteiger partial charge in [-0.3, -0.25) is 0 Å². The Bertz CT molecular complexity index is 566. The molecule has 0 spiro atoms. The van der Waals surface area contributed by atoms with Crippen molar-refractivity contribution in [3.8, 4) is 0 Å². The van der Waals surface area contributed by atoms with Crippen LogP contribution >= 0.6 is 27.7 Å². The van der Waals surface area contributed by atoms with Crippen LogP contribution in [0, 0.1) is 6.92 Å². The van der Waals surface area contributed by atoms with Crippen molar-refractivity contribution in [1.29, 1.82) is 0 Å². The Balaban J connectivity index is 2.16. The van der Waals surface area contributed by atoms with Gasteiger partial charge in [-0.25, -0.2) is 0 Å². The van der Waals surface area contributed by atoms with Crippen molar-refractivity contribution in [3.63, 3.8) is 0 Å². The Labute approximate surface area is 127 Å². The molecule has 0 aromatic heterocycles. The van der Waals surface area contributed by atoms with E-state index in [9.17, 15) is 0 Å². The maximum atomic E-state index is 5.86. The zero-order valence-corrected chi connectivity index (χ0v) is 13.6. The van der Waals surface area contributed by atoms with Crippen molar-refractivity contribution in [3.05, 3.63) is 58.1 Å². The third-order valence-electron chi connectivity index (χ3n) is 2.89. The second-order valence-corrected chi connectivity index (χ2v) is 6.89. The molecule has 0 aliphatic heterocycles. The van der Waals surface area contributed by atoms with Gasteiger partial charge in [-0.1, -0.05) is 39.8 Å². The first-order valence-electron chi connectivity index (χ1n) is 6.33. The van der Waals surface area contributed by atoms with Crippen LogP contribution < -0.4 is 5.73 Å². The number of nitrogens with two attached hydrogens (primary N) is 1. The van der Waals surface area contributed by atoms with E-state index in [-0.39, 0.29) is 6.04 Å². The summed E-state index contributed by atoms with van der Waals surface area (Å²) < 4.78 is 1.11. The standard InChI is InChI=1S/C16H18BrNS/c1-11-8-16(7-6-13(11)9-12(2)18)19-15-5-3-4-14(17)10-15/h3-8,10,12H,9,18H2,1-2H3. The zero-order valence-electron chi connectivity index (χ0n) is 11.2. The summed E-state index contributed by atoms with van der Waals surface area (Å²) in [6, 6.07) is 15.2. The lowest BCUT2D eigenvalue weighted by atomic mass is 10.0. The Morgan fingerprint density at radius 2 is 1.89 bits per heavy atom. The molecule has 0 amide bonds. The Kier molecular flexibility index (Phi) is 5.08. The molecular weight excluding hydrogens is 318 g/mol. The van der Waals surface area contributed by atoms with Gasteiger partial charge in [-0.05, 0) is 61.7 Å². The quantitative estimate of drug-likeness (QED) is 0.868. The van der Waals surface area contributed by atoms with Crippen LogP contribution in [0.1, 0.15) is 18.1 Å². The normalized spacial score (nSPS) is 12.4. The minimum atomic E-state index is 0.210. The second-order valence-electron chi connectivity index (χ2n) is 4.83. The highest BCUT2D eigenvalue weighted by atomic mass is 79.9. The van der Waals surface area contributed by atoms with Crippen LogP contribution in [0.15, 0.2) is 56.7 Å². The van der Waals surface area contributed by atoms with E-state index in [1.807, 2.05) is 13.0 Å². The van der Waals surface area contributed by atoms with Crippen LogP contribution in [0.4, 0.5) is 0 Å². The average molecular weight is 336 g/mol. The molecule has 2 rings (SSSR count). The summed E-state index contributed by atoms with van der Waals surface area (Å²) in [5.74, 6) is 0. The lowest BCUT2D eigenvalue weighted by molar-refractivity contribution is 0.734. The number of halogens is 1. The minimum absolute atomic E-state index is 0.210. The Hall–Kier alpha value is -0.770. The van der Waals surface area contributed by atoms with Crippen molar-refractivity contribution in [1.82, 2.24) is 0 Å². The molecule has 2 N–H and O–H groups in total. The summed E-state index contributed by atoms with van der Waals surface area (Å²) in [6.45, 7) is 4.20. The summed E-state index contributed by atoms with van der Waals surface area (Å²) in [6.07, 6.45) is 0.938. The first-order chi connectivity index (χ1) is 9.04. The van der Waals surface area contributed by atoms with E-state index in [0.717, 1.165) is 10.9 Å². The molecule has 2 aromatic carbocycles. The molecule has 1 atom stereocenters. The lowest BCUT2D eigenvalue weighted by Crippen LogP contribution is -2.18. The maximum absolute atomic E-state index is 5.86. The van der Waals surface area contributed by atoms with Crippen LogP contribution in [0.25, 0.3) is 0 Å². The predicted octanol–water partition coefficient (Wildman–Crippen LogP) is 4.80. The van der Waals surface area contributed by atoms with Crippen molar-refractivity contribution in [2.75, 3.05) is 0 Å². The van der Waals surface area contributed by atoms with E-state index in [1.54, 1.807) is 11.8 Å². The highest BCUT2D eigenvalue weighted by Crippen LogP contribution is 2.30. The number of hydrogen-bond donors (Lipinski definition) is 1. The lowest BCUT2D eigenvalue weighted by Gasteiger charge is -2.10. The van der Waals surface area contributed by atoms with Crippen LogP contribution in [0.5, 0.6) is 0 Å². The SMILES string of the molecule is Cc1cc(Sc2cccc(Br)c2)ccc1CC(C)N. The van der Waals surface area contributed by atoms with Gasteiger partial charge >= 0.3 is 0 Å². The highest BCUT2D eigenvalue weighted by Gasteiger charge is 2.04. The number of rotatable bonds is 4. The Morgan fingerprint density at radius 1 is 1.16 bits per heavy atom. The zero-order chi connectivity index (χ0) is 13.8. The molecule has 0 aliphatic carbocycles. The van der Waals surface area contributed by atoms with E-state index >= 15 is 0 Å². The molecule has 0 heterocycles. The first kappa shape index (κ1) is 14.6. The van der Waals surface area contributed by atoms with E-state index < -0.39 is 0 Å². The smallest absolute Gasteiger partial charge is 0.0186 e. The number of aryl methyl sites for hydroxylation is 1. The molecule has 0 radical (unpaired) electrons. The van der Waals surface area contributed by atoms with Crippen molar-refractivity contribution < 1.29 is 0 Å². The molecule has 1 unspecified atom stereocenters. The highest BCUT2D eigenvalue weighted by molar-refractivity contribution is 9.10. The fourth-order valence-electron chi connectivity index (χ4n) is 1.97. The topological polar surface area (TPSA) is 26.0 Å². The molecule has 100 valence electrons. The molecule has 0 fully saturated rings. The third-order valence-corrected chi connectivity index (χ3v) is 4.36. The van der Waals surface area contributed by atoms with Gasteiger partial charge < -0.3 is 5.73 Å². The van der Waals surface area contributed by atoms with E-state index in [0.29, 0.717) is 0 Å². The summed E-state index contributed by atoms with van der Waals surface area (Å²) in [7, 11) is 0. The second kappa shape index (κ2) is 6.60. The van der Waals surface area contributed by atoms with Gasteiger partial charge in [-0.2, -0.15) is 0 Å². The van der Waals surface area contributed by atoms with Crippen LogP contribution in [-0.2, 0) is 6.42 Å². The first-order valence-corrected chi connectivity index (χ1v) is 7.94. The fourth-order valence-corrected chi connectivity index (χ4v) is 3.50. The molecule has 0 bridgehead atoms. The number of benzene rings is 2. The molecular formula is C16H18BrNS. The van der Waals surface area contributed by atoms with Gasteiger partial charge in [0.05, 0.1) is 0 Å². The predicted molar refractivity (Wildman–Crippen MR) is 86.8 cm³/mol. The van der Waals surface area contributed by atoms with Crippen molar-refractivity contribution in [2.45, 2.75) is 36.1 Å². The van der Waals surface area contributed by atoms with Gasteiger partial charge in [0.15, 0.2) is 0 Å². The van der Waals surface area contributed by atoms with E-state index in [1.165, 1.54) is 20.9 Å². The summed E-state index contributed by atoms with van der Waals surface area (Å²) >= 11 is 5.28. The molecule has 3 heteroatoms. The van der Waals surface area contributed by atoms with Gasteiger partial charge in [0.1, 0.15) is 0 Å². The molecule has 19 heavy (non-hydrogen) atoms. The van der Waals surface area contributed by atoms with Crippen LogP contribution in [-0.4, -0.2) is 6.04 Å². The van der Waals surface area contributed by atoms with Crippen LogP contribution in [0.2, 0.25) is 0 Å². The molecule has 1 nitrogen and oxygen atoms in total. The third kappa shape index (κ3) is 4.37. The summed E-state index contributed by atoms with van der Waals surface area (Å²) in [5, 5.41) is 0. The summed E-state index contributed by atoms with van der Waals surface area (Å²) in [5.41, 5.74) is 8.52. The van der Waals surface area contributed by atoms with Crippen molar-refractivity contribution >= 4 is 27.7 Å².